The number of carbonyl (C=O) groups is 4. The zero-order chi connectivity index (χ0) is 34.5. The molecule has 0 aliphatic heterocycles. The van der Waals surface area contributed by atoms with Gasteiger partial charge < -0.3 is 30.2 Å². The van der Waals surface area contributed by atoms with Crippen molar-refractivity contribution in [3.63, 3.8) is 0 Å². The number of hydrogen-bond acceptors (Lipinski definition) is 8. The second-order valence-electron chi connectivity index (χ2n) is 12.8. The maximum absolute atomic E-state index is 13.4. The molecule has 0 bridgehead atoms. The van der Waals surface area contributed by atoms with Crippen LogP contribution in [0.3, 0.4) is 0 Å². The van der Waals surface area contributed by atoms with E-state index < -0.39 is 23.9 Å². The van der Waals surface area contributed by atoms with Crippen molar-refractivity contribution in [2.75, 3.05) is 6.54 Å². The van der Waals surface area contributed by atoms with E-state index in [0.29, 0.717) is 19.4 Å². The molecule has 3 N–H and O–H groups in total. The average Bonchev–Trinajstić information content (AvgIpc) is 3.06. The van der Waals surface area contributed by atoms with Crippen LogP contribution in [-0.2, 0) is 38.6 Å². The van der Waals surface area contributed by atoms with Gasteiger partial charge in [0.25, 0.3) is 0 Å². The number of hydrogen-bond donors (Lipinski definition) is 3. The molecule has 1 atom stereocenters. The Morgan fingerprint density at radius 1 is 0.896 bits per heavy atom. The van der Waals surface area contributed by atoms with Crippen molar-refractivity contribution in [3.05, 3.63) is 94.2 Å². The number of nitrogens with zero attached hydrogens (tertiary/aromatic N) is 1. The van der Waals surface area contributed by atoms with Crippen molar-refractivity contribution in [2.45, 2.75) is 77.7 Å². The summed E-state index contributed by atoms with van der Waals surface area (Å²) >= 11 is 3.42. The largest absolute Gasteiger partial charge is 0.514 e. The third-order valence-electron chi connectivity index (χ3n) is 7.87. The lowest BCUT2D eigenvalue weighted by molar-refractivity contribution is -0.132. The Balaban J connectivity index is 1.31. The van der Waals surface area contributed by atoms with Gasteiger partial charge in [0.2, 0.25) is 11.8 Å². The third-order valence-corrected chi connectivity index (χ3v) is 8.64. The molecule has 48 heavy (non-hydrogen) atoms. The molecule has 1 saturated carbocycles. The fourth-order valence-corrected chi connectivity index (χ4v) is 5.69. The maximum Gasteiger partial charge on any atom is 0.514 e. The van der Waals surface area contributed by atoms with Gasteiger partial charge in [-0.1, -0.05) is 46.3 Å². The first kappa shape index (κ1) is 36.4. The smallest absolute Gasteiger partial charge is 0.444 e. The summed E-state index contributed by atoms with van der Waals surface area (Å²) in [5, 5.41) is 8.74. The zero-order valence-electron chi connectivity index (χ0n) is 27.5. The fraction of sp³-hybridized carbons (Fsp3) is 0.417. The van der Waals surface area contributed by atoms with Crippen molar-refractivity contribution in [2.24, 2.45) is 11.8 Å². The SMILES string of the molecule is CC(C)(C)OC(=O)NCC1CCC(C(=O)N[C@@H](Cc2ccc(OC(=O)OCc3ccccc3Br)cc2)C(=O)NCc2ccncc2)CC1. The molecule has 1 heterocycles. The summed E-state index contributed by atoms with van der Waals surface area (Å²) in [6.07, 6.45) is 5.12. The van der Waals surface area contributed by atoms with Crippen LogP contribution >= 0.6 is 15.9 Å². The number of aromatic nitrogens is 1. The van der Waals surface area contributed by atoms with Crippen LogP contribution in [0.2, 0.25) is 0 Å². The third kappa shape index (κ3) is 12.3. The summed E-state index contributed by atoms with van der Waals surface area (Å²) in [7, 11) is 0. The maximum atomic E-state index is 13.4. The van der Waals surface area contributed by atoms with E-state index in [1.807, 2.05) is 57.2 Å². The Morgan fingerprint density at radius 2 is 1.58 bits per heavy atom. The van der Waals surface area contributed by atoms with Gasteiger partial charge in [0.15, 0.2) is 0 Å². The zero-order valence-corrected chi connectivity index (χ0v) is 29.1. The van der Waals surface area contributed by atoms with Crippen LogP contribution in [0, 0.1) is 11.8 Å². The predicted molar refractivity (Wildman–Crippen MR) is 183 cm³/mol. The molecule has 2 aromatic carbocycles. The van der Waals surface area contributed by atoms with Gasteiger partial charge >= 0.3 is 12.2 Å². The van der Waals surface area contributed by atoms with Gasteiger partial charge in [0.1, 0.15) is 24.0 Å². The number of benzene rings is 2. The molecular weight excluding hydrogens is 680 g/mol. The lowest BCUT2D eigenvalue weighted by Gasteiger charge is -2.29. The highest BCUT2D eigenvalue weighted by Gasteiger charge is 2.30. The Bertz CT molecular complexity index is 1520. The normalized spacial score (nSPS) is 16.6. The Kier molecular flexibility index (Phi) is 13.4. The van der Waals surface area contributed by atoms with Gasteiger partial charge in [0, 0.05) is 47.9 Å². The van der Waals surface area contributed by atoms with Gasteiger partial charge in [0.05, 0.1) is 0 Å². The number of alkyl carbamates (subject to hydrolysis) is 1. The molecule has 0 spiro atoms. The van der Waals surface area contributed by atoms with Gasteiger partial charge in [-0.25, -0.2) is 9.59 Å². The highest BCUT2D eigenvalue weighted by atomic mass is 79.9. The standard InChI is InChI=1S/C36H43BrN4O7/c1-36(2,3)48-34(44)40-22-25-8-12-27(13-9-25)32(42)41-31(33(43)39-21-26-16-18-38-19-17-26)20-24-10-14-29(15-11-24)47-35(45)46-23-28-6-4-5-7-30(28)37/h4-7,10-11,14-19,25,27,31H,8-9,12-13,20-23H2,1-3H3,(H,39,43)(H,40,44)(H,41,42)/t25?,27?,31-/m0/s1. The second-order valence-corrected chi connectivity index (χ2v) is 13.7. The van der Waals surface area contributed by atoms with E-state index in [9.17, 15) is 19.2 Å². The first-order valence-corrected chi connectivity index (χ1v) is 16.9. The number of pyridine rings is 1. The molecule has 0 unspecified atom stereocenters. The second kappa shape index (κ2) is 17.6. The first-order valence-electron chi connectivity index (χ1n) is 16.1. The first-order chi connectivity index (χ1) is 22.9. The lowest BCUT2D eigenvalue weighted by atomic mass is 9.81. The molecular formula is C36H43BrN4O7. The lowest BCUT2D eigenvalue weighted by Crippen LogP contribution is -2.50. The van der Waals surface area contributed by atoms with E-state index in [2.05, 4.69) is 36.9 Å². The molecule has 1 aliphatic rings. The number of amides is 3. The van der Waals surface area contributed by atoms with Crippen LogP contribution in [-0.4, -0.2) is 47.2 Å². The van der Waals surface area contributed by atoms with Gasteiger partial charge in [-0.2, -0.15) is 0 Å². The molecule has 3 amide bonds. The molecule has 256 valence electrons. The molecule has 3 aromatic rings. The van der Waals surface area contributed by atoms with E-state index in [1.165, 1.54) is 0 Å². The predicted octanol–water partition coefficient (Wildman–Crippen LogP) is 6.23. The topological polar surface area (TPSA) is 145 Å². The Morgan fingerprint density at radius 3 is 2.25 bits per heavy atom. The minimum atomic E-state index is -0.838. The summed E-state index contributed by atoms with van der Waals surface area (Å²) in [4.78, 5) is 55.1. The number of halogens is 1. The van der Waals surface area contributed by atoms with Crippen LogP contribution in [0.4, 0.5) is 9.59 Å². The summed E-state index contributed by atoms with van der Waals surface area (Å²) < 4.78 is 16.7. The van der Waals surface area contributed by atoms with Crippen molar-refractivity contribution < 1.29 is 33.4 Å². The number of ether oxygens (including phenoxy) is 3. The number of carbonyl (C=O) groups excluding carboxylic acids is 4. The van der Waals surface area contributed by atoms with E-state index >= 15 is 0 Å². The minimum Gasteiger partial charge on any atom is -0.444 e. The van der Waals surface area contributed by atoms with Gasteiger partial charge in [-0.15, -0.1) is 0 Å². The van der Waals surface area contributed by atoms with Crippen LogP contribution in [0.5, 0.6) is 5.75 Å². The summed E-state index contributed by atoms with van der Waals surface area (Å²) in [5.41, 5.74) is 1.90. The summed E-state index contributed by atoms with van der Waals surface area (Å²) in [6.45, 7) is 6.29. The molecule has 1 fully saturated rings. The number of nitrogens with one attached hydrogen (secondary N) is 3. The molecule has 12 heteroatoms. The molecule has 0 saturated heterocycles. The highest BCUT2D eigenvalue weighted by Crippen LogP contribution is 2.29. The molecule has 11 nitrogen and oxygen atoms in total. The quantitative estimate of drug-likeness (QED) is 0.147. The van der Waals surface area contributed by atoms with Crippen molar-refractivity contribution >= 4 is 40.0 Å². The van der Waals surface area contributed by atoms with Crippen LogP contribution in [0.15, 0.2) is 77.5 Å². The van der Waals surface area contributed by atoms with Gasteiger partial charge in [-0.05, 0) is 93.8 Å². The molecule has 1 aliphatic carbocycles. The molecule has 0 radical (unpaired) electrons. The van der Waals surface area contributed by atoms with Crippen LogP contribution in [0.1, 0.15) is 63.1 Å². The van der Waals surface area contributed by atoms with Crippen molar-refractivity contribution in [1.82, 2.24) is 20.9 Å². The number of rotatable bonds is 12. The summed E-state index contributed by atoms with van der Waals surface area (Å²) in [5.74, 6) is -0.191. The van der Waals surface area contributed by atoms with Gasteiger partial charge in [-0.3, -0.25) is 14.6 Å². The summed E-state index contributed by atoms with van der Waals surface area (Å²) in [6, 6.07) is 16.9. The van der Waals surface area contributed by atoms with E-state index in [4.69, 9.17) is 14.2 Å². The van der Waals surface area contributed by atoms with Crippen LogP contribution < -0.4 is 20.7 Å². The van der Waals surface area contributed by atoms with Crippen LogP contribution in [0.25, 0.3) is 0 Å². The van der Waals surface area contributed by atoms with E-state index in [-0.39, 0.29) is 49.0 Å². The monoisotopic (exact) mass is 722 g/mol. The van der Waals surface area contributed by atoms with Crippen molar-refractivity contribution in [3.8, 4) is 5.75 Å². The minimum absolute atomic E-state index is 0.0545. The average molecular weight is 724 g/mol. The molecule has 4 rings (SSSR count). The van der Waals surface area contributed by atoms with Crippen molar-refractivity contribution in [1.29, 1.82) is 0 Å². The molecule has 1 aromatic heterocycles. The van der Waals surface area contributed by atoms with E-state index in [0.717, 1.165) is 34.0 Å². The van der Waals surface area contributed by atoms with E-state index in [1.54, 1.807) is 36.7 Å². The fourth-order valence-electron chi connectivity index (χ4n) is 5.29. The Labute approximate surface area is 289 Å². The highest BCUT2D eigenvalue weighted by molar-refractivity contribution is 9.10. The Hall–Kier alpha value is -4.45.